The summed E-state index contributed by atoms with van der Waals surface area (Å²) in [6.45, 7) is 2.96. The highest BCUT2D eigenvalue weighted by atomic mass is 79.9. The van der Waals surface area contributed by atoms with E-state index in [0.29, 0.717) is 30.8 Å². The summed E-state index contributed by atoms with van der Waals surface area (Å²) in [6, 6.07) is 4.72. The van der Waals surface area contributed by atoms with Crippen molar-refractivity contribution in [2.75, 3.05) is 13.1 Å². The SMILES string of the molecule is CCC(=O)NC1CCCN(C(=O)/C=C/c2ccc(-n3cc(Br)cn3)c(F)c2)C1. The van der Waals surface area contributed by atoms with Gasteiger partial charge in [0.15, 0.2) is 0 Å². The average Bonchev–Trinajstić information content (AvgIpc) is 3.12. The van der Waals surface area contributed by atoms with Crippen LogP contribution >= 0.6 is 15.9 Å². The molecule has 28 heavy (non-hydrogen) atoms. The maximum Gasteiger partial charge on any atom is 0.246 e. The highest BCUT2D eigenvalue weighted by Crippen LogP contribution is 2.18. The minimum Gasteiger partial charge on any atom is -0.352 e. The molecule has 1 aliphatic heterocycles. The highest BCUT2D eigenvalue weighted by molar-refractivity contribution is 9.10. The summed E-state index contributed by atoms with van der Waals surface area (Å²) in [5.74, 6) is -0.573. The highest BCUT2D eigenvalue weighted by Gasteiger charge is 2.23. The van der Waals surface area contributed by atoms with E-state index in [0.717, 1.165) is 17.3 Å². The van der Waals surface area contributed by atoms with Crippen LogP contribution in [-0.2, 0) is 9.59 Å². The van der Waals surface area contributed by atoms with Crippen molar-refractivity contribution in [1.29, 1.82) is 0 Å². The molecule has 0 saturated carbocycles. The lowest BCUT2D eigenvalue weighted by Gasteiger charge is -2.32. The Morgan fingerprint density at radius 2 is 2.25 bits per heavy atom. The standard InChI is InChI=1S/C20H22BrFN4O2/c1-2-19(27)24-16-4-3-9-25(13-16)20(28)8-6-14-5-7-18(17(22)10-14)26-12-15(21)11-23-26/h5-8,10-12,16H,2-4,9,13H2,1H3,(H,24,27)/b8-6+. The van der Waals surface area contributed by atoms with Gasteiger partial charge in [-0.25, -0.2) is 9.07 Å². The Kier molecular flexibility index (Phi) is 6.61. The van der Waals surface area contributed by atoms with E-state index in [1.54, 1.807) is 42.4 Å². The number of hydrogen-bond acceptors (Lipinski definition) is 3. The molecule has 0 bridgehead atoms. The van der Waals surface area contributed by atoms with Crippen LogP contribution in [0.5, 0.6) is 0 Å². The van der Waals surface area contributed by atoms with Crippen molar-refractivity contribution >= 4 is 33.8 Å². The zero-order valence-electron chi connectivity index (χ0n) is 15.6. The predicted molar refractivity (Wildman–Crippen MR) is 108 cm³/mol. The largest absolute Gasteiger partial charge is 0.352 e. The number of carbonyl (C=O) groups excluding carboxylic acids is 2. The van der Waals surface area contributed by atoms with Crippen LogP contribution < -0.4 is 5.32 Å². The van der Waals surface area contributed by atoms with Gasteiger partial charge < -0.3 is 10.2 Å². The monoisotopic (exact) mass is 448 g/mol. The summed E-state index contributed by atoms with van der Waals surface area (Å²) < 4.78 is 16.6. The van der Waals surface area contributed by atoms with Gasteiger partial charge in [0.25, 0.3) is 0 Å². The quantitative estimate of drug-likeness (QED) is 0.713. The van der Waals surface area contributed by atoms with Crippen molar-refractivity contribution in [3.63, 3.8) is 0 Å². The smallest absolute Gasteiger partial charge is 0.246 e. The van der Waals surface area contributed by atoms with Gasteiger partial charge in [0, 0.05) is 37.8 Å². The lowest BCUT2D eigenvalue weighted by atomic mass is 10.1. The molecular weight excluding hydrogens is 427 g/mol. The van der Waals surface area contributed by atoms with Crippen molar-refractivity contribution in [2.24, 2.45) is 0 Å². The number of halogens is 2. The van der Waals surface area contributed by atoms with Crippen LogP contribution in [-0.4, -0.2) is 45.6 Å². The van der Waals surface area contributed by atoms with E-state index >= 15 is 0 Å². The maximum atomic E-state index is 14.4. The van der Waals surface area contributed by atoms with Gasteiger partial charge in [0.2, 0.25) is 11.8 Å². The minimum absolute atomic E-state index is 0.00498. The molecule has 0 spiro atoms. The van der Waals surface area contributed by atoms with Crippen LogP contribution in [0.15, 0.2) is 41.1 Å². The molecule has 148 valence electrons. The molecule has 2 amide bonds. The summed E-state index contributed by atoms with van der Waals surface area (Å²) >= 11 is 3.29. The summed E-state index contributed by atoms with van der Waals surface area (Å²) in [5, 5.41) is 7.01. The van der Waals surface area contributed by atoms with E-state index in [9.17, 15) is 14.0 Å². The molecule has 1 atom stereocenters. The van der Waals surface area contributed by atoms with E-state index in [1.807, 2.05) is 0 Å². The molecule has 1 aliphatic rings. The molecule has 2 heterocycles. The topological polar surface area (TPSA) is 67.2 Å². The van der Waals surface area contributed by atoms with Crippen LogP contribution in [0, 0.1) is 5.82 Å². The Hall–Kier alpha value is -2.48. The zero-order chi connectivity index (χ0) is 20.1. The number of benzene rings is 1. The molecule has 0 radical (unpaired) electrons. The molecule has 1 aromatic heterocycles. The fourth-order valence-electron chi connectivity index (χ4n) is 3.14. The van der Waals surface area contributed by atoms with Gasteiger partial charge in [-0.05, 0) is 52.5 Å². The van der Waals surface area contributed by atoms with Crippen molar-refractivity contribution < 1.29 is 14.0 Å². The van der Waals surface area contributed by atoms with Crippen molar-refractivity contribution in [2.45, 2.75) is 32.2 Å². The Morgan fingerprint density at radius 3 is 2.93 bits per heavy atom. The molecule has 1 unspecified atom stereocenters. The molecule has 1 aromatic carbocycles. The molecule has 1 fully saturated rings. The van der Waals surface area contributed by atoms with Crippen molar-refractivity contribution in [3.8, 4) is 5.69 Å². The van der Waals surface area contributed by atoms with Gasteiger partial charge in [-0.15, -0.1) is 0 Å². The fourth-order valence-corrected chi connectivity index (χ4v) is 3.43. The molecule has 1 N–H and O–H groups in total. The van der Waals surface area contributed by atoms with E-state index in [4.69, 9.17) is 0 Å². The lowest BCUT2D eigenvalue weighted by Crippen LogP contribution is -2.49. The van der Waals surface area contributed by atoms with Crippen LogP contribution in [0.1, 0.15) is 31.7 Å². The fraction of sp³-hybridized carbons (Fsp3) is 0.350. The molecule has 0 aliphatic carbocycles. The zero-order valence-corrected chi connectivity index (χ0v) is 17.2. The third-order valence-electron chi connectivity index (χ3n) is 4.61. The van der Waals surface area contributed by atoms with Gasteiger partial charge >= 0.3 is 0 Å². The molecular formula is C20H22BrFN4O2. The Bertz CT molecular complexity index is 896. The van der Waals surface area contributed by atoms with Gasteiger partial charge in [-0.1, -0.05) is 13.0 Å². The third kappa shape index (κ3) is 5.07. The number of likely N-dealkylation sites (tertiary alicyclic amines) is 1. The molecule has 2 aromatic rings. The number of rotatable bonds is 5. The number of nitrogens with zero attached hydrogens (tertiary/aromatic N) is 3. The van der Waals surface area contributed by atoms with E-state index in [2.05, 4.69) is 26.3 Å². The second-order valence-corrected chi connectivity index (χ2v) is 7.61. The predicted octanol–water partition coefficient (Wildman–Crippen LogP) is 3.30. The number of nitrogens with one attached hydrogen (secondary N) is 1. The first kappa shape index (κ1) is 20.3. The average molecular weight is 449 g/mol. The summed E-state index contributed by atoms with van der Waals surface area (Å²) in [4.78, 5) is 25.7. The number of hydrogen-bond donors (Lipinski definition) is 1. The second kappa shape index (κ2) is 9.14. The lowest BCUT2D eigenvalue weighted by molar-refractivity contribution is -0.129. The van der Waals surface area contributed by atoms with E-state index in [-0.39, 0.29) is 17.9 Å². The Balaban J connectivity index is 1.63. The molecule has 8 heteroatoms. The van der Waals surface area contributed by atoms with Crippen LogP contribution in [0.3, 0.4) is 0 Å². The molecule has 1 saturated heterocycles. The molecule has 3 rings (SSSR count). The van der Waals surface area contributed by atoms with Gasteiger partial charge in [-0.3, -0.25) is 9.59 Å². The number of aromatic nitrogens is 2. The normalized spacial score (nSPS) is 17.1. The number of carbonyl (C=O) groups is 2. The van der Waals surface area contributed by atoms with Gasteiger partial charge in [0.05, 0.1) is 10.7 Å². The second-order valence-electron chi connectivity index (χ2n) is 6.69. The van der Waals surface area contributed by atoms with Crippen molar-refractivity contribution in [3.05, 3.63) is 52.5 Å². The third-order valence-corrected chi connectivity index (χ3v) is 5.02. The Labute approximate surface area is 171 Å². The summed E-state index contributed by atoms with van der Waals surface area (Å²) in [7, 11) is 0. The van der Waals surface area contributed by atoms with Crippen LogP contribution in [0.2, 0.25) is 0 Å². The molecule has 6 nitrogen and oxygen atoms in total. The maximum absolute atomic E-state index is 14.4. The minimum atomic E-state index is -0.425. The summed E-state index contributed by atoms with van der Waals surface area (Å²) in [6.07, 6.45) is 8.45. The van der Waals surface area contributed by atoms with Crippen LogP contribution in [0.4, 0.5) is 4.39 Å². The first-order chi connectivity index (χ1) is 13.5. The number of amides is 2. The van der Waals surface area contributed by atoms with E-state index < -0.39 is 5.82 Å². The van der Waals surface area contributed by atoms with E-state index in [1.165, 1.54) is 16.8 Å². The summed E-state index contributed by atoms with van der Waals surface area (Å²) in [5.41, 5.74) is 0.924. The van der Waals surface area contributed by atoms with Gasteiger partial charge in [-0.2, -0.15) is 5.10 Å². The first-order valence-electron chi connectivity index (χ1n) is 9.22. The Morgan fingerprint density at radius 1 is 1.43 bits per heavy atom. The van der Waals surface area contributed by atoms with Crippen LogP contribution in [0.25, 0.3) is 11.8 Å². The van der Waals surface area contributed by atoms with Crippen molar-refractivity contribution in [1.82, 2.24) is 20.0 Å². The van der Waals surface area contributed by atoms with Gasteiger partial charge in [0.1, 0.15) is 11.5 Å². The first-order valence-corrected chi connectivity index (χ1v) is 10.0. The number of piperidine rings is 1.